The fourth-order valence-electron chi connectivity index (χ4n) is 1.71. The van der Waals surface area contributed by atoms with E-state index in [0.717, 1.165) is 0 Å². The number of ether oxygens (including phenoxy) is 2. The van der Waals surface area contributed by atoms with E-state index in [9.17, 15) is 14.7 Å². The van der Waals surface area contributed by atoms with Crippen molar-refractivity contribution in [3.8, 4) is 17.2 Å². The van der Waals surface area contributed by atoms with E-state index in [1.165, 1.54) is 18.2 Å². The average Bonchev–Trinajstić information content (AvgIpc) is 2.45. The van der Waals surface area contributed by atoms with E-state index in [1.807, 2.05) is 6.92 Å². The van der Waals surface area contributed by atoms with Crippen molar-refractivity contribution in [2.45, 2.75) is 13.3 Å². The summed E-state index contributed by atoms with van der Waals surface area (Å²) < 4.78 is 15.2. The van der Waals surface area contributed by atoms with Crippen LogP contribution in [0.5, 0.6) is 17.2 Å². The van der Waals surface area contributed by atoms with Gasteiger partial charge in [0.05, 0.1) is 12.0 Å². The van der Waals surface area contributed by atoms with Gasteiger partial charge in [-0.2, -0.15) is 0 Å². The van der Waals surface area contributed by atoms with Gasteiger partial charge in [0, 0.05) is 0 Å². The van der Waals surface area contributed by atoms with Crippen LogP contribution in [-0.2, 0) is 4.79 Å². The summed E-state index contributed by atoms with van der Waals surface area (Å²) in [5, 5.41) is 18.9. The van der Waals surface area contributed by atoms with Crippen molar-refractivity contribution in [2.75, 3.05) is 13.2 Å². The Kier molecular flexibility index (Phi) is 4.32. The minimum Gasteiger partial charge on any atom is -0.504 e. The summed E-state index contributed by atoms with van der Waals surface area (Å²) in [6.07, 6.45) is 0.665. The summed E-state index contributed by atoms with van der Waals surface area (Å²) in [6, 6.07) is 4.24. The highest BCUT2D eigenvalue weighted by Crippen LogP contribution is 2.33. The van der Waals surface area contributed by atoms with Crippen LogP contribution in [0.15, 0.2) is 27.4 Å². The molecule has 0 aliphatic carbocycles. The predicted molar refractivity (Wildman–Crippen MR) is 73.1 cm³/mol. The van der Waals surface area contributed by atoms with E-state index < -0.39 is 18.2 Å². The molecular weight excluding hydrogens is 280 g/mol. The molecule has 2 rings (SSSR count). The van der Waals surface area contributed by atoms with Crippen LogP contribution in [0, 0.1) is 0 Å². The minimum atomic E-state index is -1.12. The normalized spacial score (nSPS) is 10.5. The number of hydrogen-bond acceptors (Lipinski definition) is 6. The molecule has 0 bridgehead atoms. The van der Waals surface area contributed by atoms with Gasteiger partial charge in [0.25, 0.3) is 0 Å². The maximum atomic E-state index is 11.7. The Bertz CT molecular complexity index is 717. The highest BCUT2D eigenvalue weighted by Gasteiger charge is 2.16. The number of carboxylic acids is 1. The van der Waals surface area contributed by atoms with E-state index in [4.69, 9.17) is 19.0 Å². The van der Waals surface area contributed by atoms with Crippen molar-refractivity contribution in [3.63, 3.8) is 0 Å². The number of aromatic hydroxyl groups is 1. The Labute approximate surface area is 119 Å². The lowest BCUT2D eigenvalue weighted by atomic mass is 10.2. The molecule has 1 aromatic heterocycles. The second-order valence-electron chi connectivity index (χ2n) is 4.26. The first kappa shape index (κ1) is 14.7. The van der Waals surface area contributed by atoms with Crippen molar-refractivity contribution in [2.24, 2.45) is 0 Å². The van der Waals surface area contributed by atoms with E-state index in [0.29, 0.717) is 6.42 Å². The van der Waals surface area contributed by atoms with Crippen molar-refractivity contribution >= 4 is 16.9 Å². The van der Waals surface area contributed by atoms with Crippen LogP contribution >= 0.6 is 0 Å². The van der Waals surface area contributed by atoms with Gasteiger partial charge in [-0.15, -0.1) is 0 Å². The predicted octanol–water partition coefficient (Wildman–Crippen LogP) is 1.75. The molecule has 0 amide bonds. The topological polar surface area (TPSA) is 106 Å². The SMILES string of the molecule is CCCOc1c(O)c2cc(OCC(=O)O)ccc2oc1=O. The largest absolute Gasteiger partial charge is 0.504 e. The summed E-state index contributed by atoms with van der Waals surface area (Å²) in [5.41, 5.74) is -0.614. The molecule has 0 spiro atoms. The molecule has 21 heavy (non-hydrogen) atoms. The molecule has 2 N–H and O–H groups in total. The van der Waals surface area contributed by atoms with Gasteiger partial charge < -0.3 is 24.1 Å². The van der Waals surface area contributed by atoms with Crippen LogP contribution in [0.2, 0.25) is 0 Å². The van der Waals surface area contributed by atoms with Crippen LogP contribution in [0.25, 0.3) is 11.0 Å². The molecule has 0 radical (unpaired) electrons. The molecule has 0 aliphatic heterocycles. The fraction of sp³-hybridized carbons (Fsp3) is 0.286. The van der Waals surface area contributed by atoms with Crippen molar-refractivity contribution in [3.05, 3.63) is 28.6 Å². The minimum absolute atomic E-state index is 0.157. The van der Waals surface area contributed by atoms with Gasteiger partial charge in [0.1, 0.15) is 11.3 Å². The third-order valence-electron chi connectivity index (χ3n) is 2.62. The molecule has 0 saturated carbocycles. The summed E-state index contributed by atoms with van der Waals surface area (Å²) in [7, 11) is 0. The van der Waals surface area contributed by atoms with Gasteiger partial charge in [0.2, 0.25) is 5.75 Å². The van der Waals surface area contributed by atoms with Gasteiger partial charge in [-0.1, -0.05) is 6.92 Å². The monoisotopic (exact) mass is 294 g/mol. The molecule has 7 nitrogen and oxygen atoms in total. The van der Waals surface area contributed by atoms with Crippen molar-refractivity contribution < 1.29 is 28.9 Å². The van der Waals surface area contributed by atoms with E-state index in [2.05, 4.69) is 0 Å². The number of hydrogen-bond donors (Lipinski definition) is 2. The molecule has 1 aromatic carbocycles. The Balaban J connectivity index is 2.44. The molecule has 0 atom stereocenters. The Morgan fingerprint density at radius 3 is 2.76 bits per heavy atom. The third-order valence-corrected chi connectivity index (χ3v) is 2.62. The van der Waals surface area contributed by atoms with Crippen LogP contribution in [0.3, 0.4) is 0 Å². The second kappa shape index (κ2) is 6.17. The maximum absolute atomic E-state index is 11.7. The first-order chi connectivity index (χ1) is 10.0. The zero-order valence-electron chi connectivity index (χ0n) is 11.3. The smallest absolute Gasteiger partial charge is 0.383 e. The zero-order chi connectivity index (χ0) is 15.4. The molecule has 2 aromatic rings. The number of carboxylic acid groups (broad SMARTS) is 1. The summed E-state index contributed by atoms with van der Waals surface area (Å²) >= 11 is 0. The number of rotatable bonds is 6. The maximum Gasteiger partial charge on any atom is 0.383 e. The molecule has 0 saturated heterocycles. The molecule has 1 heterocycles. The number of fused-ring (bicyclic) bond motifs is 1. The van der Waals surface area contributed by atoms with Gasteiger partial charge in [-0.05, 0) is 24.6 Å². The van der Waals surface area contributed by atoms with Gasteiger partial charge >= 0.3 is 11.6 Å². The van der Waals surface area contributed by atoms with Crippen molar-refractivity contribution in [1.82, 2.24) is 0 Å². The van der Waals surface area contributed by atoms with E-state index in [-0.39, 0.29) is 34.8 Å². The second-order valence-corrected chi connectivity index (χ2v) is 4.26. The van der Waals surface area contributed by atoms with E-state index >= 15 is 0 Å². The lowest BCUT2D eigenvalue weighted by Gasteiger charge is -2.09. The standard InChI is InChI=1S/C14H14O7/c1-2-5-19-13-12(17)9-6-8(20-7-11(15)16)3-4-10(9)21-14(13)18/h3-4,6,17H,2,5,7H2,1H3,(H,15,16). The molecule has 7 heteroatoms. The summed E-state index contributed by atoms with van der Waals surface area (Å²) in [5.74, 6) is -1.50. The third kappa shape index (κ3) is 3.25. The first-order valence-corrected chi connectivity index (χ1v) is 6.30. The Hall–Kier alpha value is -2.70. The van der Waals surface area contributed by atoms with Crippen LogP contribution in [0.1, 0.15) is 13.3 Å². The molecule has 112 valence electrons. The molecule has 0 unspecified atom stereocenters. The number of carbonyl (C=O) groups is 1. The highest BCUT2D eigenvalue weighted by atomic mass is 16.5. The average molecular weight is 294 g/mol. The van der Waals surface area contributed by atoms with E-state index in [1.54, 1.807) is 0 Å². The van der Waals surface area contributed by atoms with Gasteiger partial charge in [-0.3, -0.25) is 0 Å². The lowest BCUT2D eigenvalue weighted by Crippen LogP contribution is -2.10. The van der Waals surface area contributed by atoms with Crippen LogP contribution in [0.4, 0.5) is 0 Å². The summed E-state index contributed by atoms with van der Waals surface area (Å²) in [6.45, 7) is 1.61. The van der Waals surface area contributed by atoms with Gasteiger partial charge in [-0.25, -0.2) is 9.59 Å². The van der Waals surface area contributed by atoms with Crippen LogP contribution < -0.4 is 15.1 Å². The quantitative estimate of drug-likeness (QED) is 0.781. The molecule has 0 aliphatic rings. The lowest BCUT2D eigenvalue weighted by molar-refractivity contribution is -0.139. The number of benzene rings is 1. The zero-order valence-corrected chi connectivity index (χ0v) is 11.3. The summed E-state index contributed by atoms with van der Waals surface area (Å²) in [4.78, 5) is 22.2. The van der Waals surface area contributed by atoms with Crippen LogP contribution in [-0.4, -0.2) is 29.4 Å². The Morgan fingerprint density at radius 1 is 1.33 bits per heavy atom. The van der Waals surface area contributed by atoms with Gasteiger partial charge in [0.15, 0.2) is 12.4 Å². The highest BCUT2D eigenvalue weighted by molar-refractivity contribution is 5.86. The first-order valence-electron chi connectivity index (χ1n) is 6.30. The molecular formula is C14H14O7. The Morgan fingerprint density at radius 2 is 2.10 bits per heavy atom. The number of aliphatic carboxylic acids is 1. The fourth-order valence-corrected chi connectivity index (χ4v) is 1.71. The molecule has 0 fully saturated rings. The van der Waals surface area contributed by atoms with Crippen molar-refractivity contribution in [1.29, 1.82) is 0 Å².